The number of benzene rings is 1. The normalized spacial score (nSPS) is 10.2. The number of hydrogen-bond acceptors (Lipinski definition) is 4. The highest BCUT2D eigenvalue weighted by Crippen LogP contribution is 2.30. The van der Waals surface area contributed by atoms with E-state index >= 15 is 0 Å². The van der Waals surface area contributed by atoms with E-state index < -0.39 is 4.92 Å². The molecule has 6 heteroatoms. The third-order valence-electron chi connectivity index (χ3n) is 2.26. The molecule has 1 rings (SSSR count). The van der Waals surface area contributed by atoms with Crippen LogP contribution >= 0.6 is 11.6 Å². The first kappa shape index (κ1) is 12.7. The van der Waals surface area contributed by atoms with E-state index in [-0.39, 0.29) is 5.69 Å². The van der Waals surface area contributed by atoms with Crippen molar-refractivity contribution in [3.63, 3.8) is 0 Å². The van der Waals surface area contributed by atoms with Crippen LogP contribution in [0, 0.1) is 10.1 Å². The van der Waals surface area contributed by atoms with Gasteiger partial charge in [-0.05, 0) is 19.1 Å². The minimum absolute atomic E-state index is 0.0553. The van der Waals surface area contributed by atoms with Gasteiger partial charge in [-0.25, -0.2) is 0 Å². The smallest absolute Gasteiger partial charge is 0.292 e. The van der Waals surface area contributed by atoms with Crippen molar-refractivity contribution in [1.82, 2.24) is 0 Å². The number of nitro groups is 1. The summed E-state index contributed by atoms with van der Waals surface area (Å²) in [5, 5.41) is 11.3. The number of rotatable bonds is 5. The van der Waals surface area contributed by atoms with Crippen molar-refractivity contribution in [3.05, 3.63) is 33.3 Å². The Morgan fingerprint density at radius 1 is 1.56 bits per heavy atom. The number of halogens is 1. The summed E-state index contributed by atoms with van der Waals surface area (Å²) < 4.78 is 0. The number of nitro benzene ring substituents is 1. The summed E-state index contributed by atoms with van der Waals surface area (Å²) in [5.41, 5.74) is 6.04. The van der Waals surface area contributed by atoms with Crippen LogP contribution in [0.2, 0.25) is 5.02 Å². The van der Waals surface area contributed by atoms with E-state index in [1.54, 1.807) is 6.07 Å². The molecule has 2 N–H and O–H groups in total. The van der Waals surface area contributed by atoms with E-state index in [0.29, 0.717) is 30.3 Å². The van der Waals surface area contributed by atoms with Crippen molar-refractivity contribution in [2.45, 2.75) is 6.92 Å². The zero-order chi connectivity index (χ0) is 12.1. The van der Waals surface area contributed by atoms with Crippen LogP contribution < -0.4 is 10.6 Å². The van der Waals surface area contributed by atoms with Gasteiger partial charge in [-0.15, -0.1) is 0 Å². The van der Waals surface area contributed by atoms with Crippen LogP contribution in [-0.2, 0) is 0 Å². The molecule has 0 aliphatic rings. The van der Waals surface area contributed by atoms with Crippen LogP contribution in [-0.4, -0.2) is 24.6 Å². The fourth-order valence-corrected chi connectivity index (χ4v) is 1.68. The Balaban J connectivity index is 3.16. The molecule has 0 saturated heterocycles. The van der Waals surface area contributed by atoms with Crippen molar-refractivity contribution in [2.24, 2.45) is 5.73 Å². The minimum Gasteiger partial charge on any atom is -0.365 e. The van der Waals surface area contributed by atoms with Crippen molar-refractivity contribution in [2.75, 3.05) is 24.5 Å². The van der Waals surface area contributed by atoms with Crippen molar-refractivity contribution >= 4 is 23.0 Å². The monoisotopic (exact) mass is 243 g/mol. The molecule has 1 aromatic carbocycles. The second-order valence-electron chi connectivity index (χ2n) is 3.26. The van der Waals surface area contributed by atoms with E-state index in [4.69, 9.17) is 17.3 Å². The average molecular weight is 244 g/mol. The molecule has 0 saturated carbocycles. The van der Waals surface area contributed by atoms with Gasteiger partial charge < -0.3 is 10.6 Å². The summed E-state index contributed by atoms with van der Waals surface area (Å²) in [7, 11) is 0. The lowest BCUT2D eigenvalue weighted by Gasteiger charge is -2.22. The first-order chi connectivity index (χ1) is 7.60. The zero-order valence-electron chi connectivity index (χ0n) is 9.02. The molecule has 0 amide bonds. The maximum atomic E-state index is 10.9. The number of nitrogens with zero attached hydrogens (tertiary/aromatic N) is 2. The summed E-state index contributed by atoms with van der Waals surface area (Å²) in [4.78, 5) is 12.3. The van der Waals surface area contributed by atoms with Crippen molar-refractivity contribution in [1.29, 1.82) is 0 Å². The predicted molar refractivity (Wildman–Crippen MR) is 65.0 cm³/mol. The lowest BCUT2D eigenvalue weighted by atomic mass is 10.2. The lowest BCUT2D eigenvalue weighted by molar-refractivity contribution is -0.384. The SMILES string of the molecule is CCN(CCN)c1cc(Cl)ccc1[N+](=O)[O-]. The molecule has 0 spiro atoms. The minimum atomic E-state index is -0.412. The van der Waals surface area contributed by atoms with Crippen molar-refractivity contribution in [3.8, 4) is 0 Å². The maximum Gasteiger partial charge on any atom is 0.292 e. The van der Waals surface area contributed by atoms with Gasteiger partial charge in [0.1, 0.15) is 5.69 Å². The molecule has 0 unspecified atom stereocenters. The zero-order valence-corrected chi connectivity index (χ0v) is 9.78. The molecule has 1 aromatic rings. The van der Waals surface area contributed by atoms with E-state index in [9.17, 15) is 10.1 Å². The van der Waals surface area contributed by atoms with Crippen LogP contribution in [0.1, 0.15) is 6.92 Å². The quantitative estimate of drug-likeness (QED) is 0.634. The Morgan fingerprint density at radius 3 is 2.75 bits per heavy atom. The summed E-state index contributed by atoms with van der Waals surface area (Å²) in [5.74, 6) is 0. The number of anilines is 1. The van der Waals surface area contributed by atoms with Crippen LogP contribution in [0.25, 0.3) is 0 Å². The van der Waals surface area contributed by atoms with Crippen LogP contribution in [0.4, 0.5) is 11.4 Å². The average Bonchev–Trinajstić information content (AvgIpc) is 2.25. The summed E-state index contributed by atoms with van der Waals surface area (Å²) in [6.07, 6.45) is 0. The fraction of sp³-hybridized carbons (Fsp3) is 0.400. The second kappa shape index (κ2) is 5.67. The molecule has 0 atom stereocenters. The van der Waals surface area contributed by atoms with Gasteiger partial charge in [0.25, 0.3) is 5.69 Å². The van der Waals surface area contributed by atoms with E-state index in [1.165, 1.54) is 12.1 Å². The summed E-state index contributed by atoms with van der Waals surface area (Å²) in [6, 6.07) is 4.52. The topological polar surface area (TPSA) is 72.4 Å². The van der Waals surface area contributed by atoms with Gasteiger partial charge in [0.15, 0.2) is 0 Å². The Bertz CT molecular complexity index is 384. The Hall–Kier alpha value is -1.33. The number of likely N-dealkylation sites (N-methyl/N-ethyl adjacent to an activating group) is 1. The van der Waals surface area contributed by atoms with Gasteiger partial charge in [-0.1, -0.05) is 11.6 Å². The Kier molecular flexibility index (Phi) is 4.52. The third kappa shape index (κ3) is 2.84. The van der Waals surface area contributed by atoms with Crippen LogP contribution in [0.3, 0.4) is 0 Å². The van der Waals surface area contributed by atoms with Gasteiger partial charge >= 0.3 is 0 Å². The molecule has 16 heavy (non-hydrogen) atoms. The maximum absolute atomic E-state index is 10.9. The largest absolute Gasteiger partial charge is 0.365 e. The molecule has 0 heterocycles. The van der Waals surface area contributed by atoms with Crippen molar-refractivity contribution < 1.29 is 4.92 Å². The molecular weight excluding hydrogens is 230 g/mol. The lowest BCUT2D eigenvalue weighted by Crippen LogP contribution is -2.29. The Labute approximate surface area is 98.9 Å². The van der Waals surface area contributed by atoms with Crippen LogP contribution in [0.5, 0.6) is 0 Å². The van der Waals surface area contributed by atoms with Gasteiger partial charge in [0.2, 0.25) is 0 Å². The van der Waals surface area contributed by atoms with E-state index in [2.05, 4.69) is 0 Å². The molecule has 0 aromatic heterocycles. The van der Waals surface area contributed by atoms with Crippen LogP contribution in [0.15, 0.2) is 18.2 Å². The molecule has 0 bridgehead atoms. The third-order valence-corrected chi connectivity index (χ3v) is 2.49. The first-order valence-corrected chi connectivity index (χ1v) is 5.37. The summed E-state index contributed by atoms with van der Waals surface area (Å²) in [6.45, 7) is 3.58. The number of hydrogen-bond donors (Lipinski definition) is 1. The number of nitrogens with two attached hydrogens (primary N) is 1. The van der Waals surface area contributed by atoms with E-state index in [1.807, 2.05) is 11.8 Å². The van der Waals surface area contributed by atoms with E-state index in [0.717, 1.165) is 0 Å². The predicted octanol–water partition coefficient (Wildman–Crippen LogP) is 2.03. The Morgan fingerprint density at radius 2 is 2.25 bits per heavy atom. The van der Waals surface area contributed by atoms with Gasteiger partial charge in [0, 0.05) is 30.7 Å². The van der Waals surface area contributed by atoms with Gasteiger partial charge in [-0.3, -0.25) is 10.1 Å². The second-order valence-corrected chi connectivity index (χ2v) is 3.69. The highest BCUT2D eigenvalue weighted by Gasteiger charge is 2.18. The first-order valence-electron chi connectivity index (χ1n) is 4.99. The molecular formula is C10H14ClN3O2. The molecule has 0 radical (unpaired) electrons. The molecule has 0 fully saturated rings. The molecule has 0 aliphatic carbocycles. The van der Waals surface area contributed by atoms with Gasteiger partial charge in [-0.2, -0.15) is 0 Å². The highest BCUT2D eigenvalue weighted by atomic mass is 35.5. The molecule has 88 valence electrons. The summed E-state index contributed by atoms with van der Waals surface area (Å²) >= 11 is 5.84. The highest BCUT2D eigenvalue weighted by molar-refractivity contribution is 6.31. The standard InChI is InChI=1S/C10H14ClN3O2/c1-2-13(6-5-12)10-7-8(11)3-4-9(10)14(15)16/h3-4,7H,2,5-6,12H2,1H3. The molecule has 0 aliphatic heterocycles. The molecule has 5 nitrogen and oxygen atoms in total. The fourth-order valence-electron chi connectivity index (χ4n) is 1.51. The van der Waals surface area contributed by atoms with Gasteiger partial charge in [0.05, 0.1) is 4.92 Å².